The van der Waals surface area contributed by atoms with Gasteiger partial charge >= 0.3 is 0 Å². The van der Waals surface area contributed by atoms with E-state index in [9.17, 15) is 0 Å². The first-order chi connectivity index (χ1) is 6.88. The molecule has 3 heteroatoms. The van der Waals surface area contributed by atoms with Gasteiger partial charge in [0.05, 0.1) is 12.2 Å². The van der Waals surface area contributed by atoms with Crippen LogP contribution in [-0.4, -0.2) is 16.3 Å². The van der Waals surface area contributed by atoms with E-state index in [0.717, 1.165) is 18.4 Å². The molecule has 0 spiro atoms. The molecule has 2 fully saturated rings. The lowest BCUT2D eigenvalue weighted by Gasteiger charge is -2.03. The average Bonchev–Trinajstić information content (AvgIpc) is 3.07. The van der Waals surface area contributed by atoms with E-state index < -0.39 is 0 Å². The molecule has 0 radical (unpaired) electrons. The maximum Gasteiger partial charge on any atom is 0.0658 e. The third-order valence-corrected chi connectivity index (χ3v) is 3.16. The van der Waals surface area contributed by atoms with Crippen LogP contribution in [0.4, 0.5) is 0 Å². The van der Waals surface area contributed by atoms with Gasteiger partial charge in [0.25, 0.3) is 0 Å². The molecule has 1 heterocycles. The molecule has 3 nitrogen and oxygen atoms in total. The van der Waals surface area contributed by atoms with Gasteiger partial charge in [0.2, 0.25) is 0 Å². The number of nitrogens with zero attached hydrogens (tertiary/aromatic N) is 2. The lowest BCUT2D eigenvalue weighted by molar-refractivity contribution is 0.587. The fourth-order valence-corrected chi connectivity index (χ4v) is 2.04. The third kappa shape index (κ3) is 1.46. The first-order valence-corrected chi connectivity index (χ1v) is 5.66. The minimum absolute atomic E-state index is 0.700. The van der Waals surface area contributed by atoms with E-state index in [2.05, 4.69) is 15.8 Å². The molecule has 0 bridgehead atoms. The van der Waals surface area contributed by atoms with E-state index in [4.69, 9.17) is 5.73 Å². The summed E-state index contributed by atoms with van der Waals surface area (Å²) >= 11 is 0. The lowest BCUT2D eigenvalue weighted by Crippen LogP contribution is -2.13. The molecule has 76 valence electrons. The number of rotatable bonds is 4. The molecule has 1 aromatic heterocycles. The Morgan fingerprint density at radius 2 is 2.00 bits per heavy atom. The fourth-order valence-electron chi connectivity index (χ4n) is 2.04. The predicted octanol–water partition coefficient (Wildman–Crippen LogP) is 1.60. The van der Waals surface area contributed by atoms with E-state index in [1.54, 1.807) is 0 Å². The van der Waals surface area contributed by atoms with Crippen LogP contribution < -0.4 is 5.73 Å². The molecule has 1 aromatic rings. The topological polar surface area (TPSA) is 43.8 Å². The summed E-state index contributed by atoms with van der Waals surface area (Å²) in [6, 6.07) is 2.32. The van der Waals surface area contributed by atoms with Gasteiger partial charge in [-0.1, -0.05) is 0 Å². The van der Waals surface area contributed by atoms with Crippen LogP contribution in [0.15, 0.2) is 6.07 Å². The molecule has 2 saturated carbocycles. The van der Waals surface area contributed by atoms with Crippen LogP contribution in [0.25, 0.3) is 0 Å². The van der Waals surface area contributed by atoms with Crippen LogP contribution >= 0.6 is 0 Å². The summed E-state index contributed by atoms with van der Waals surface area (Å²) in [5.41, 5.74) is 8.35. The summed E-state index contributed by atoms with van der Waals surface area (Å²) in [7, 11) is 0. The van der Waals surface area contributed by atoms with Gasteiger partial charge in [-0.3, -0.25) is 4.68 Å². The standard InChI is InChI=1S/C11H17N3/c12-5-6-14-11(9-3-4-9)7-10(13-14)8-1-2-8/h7-9H,1-6,12H2. The Kier molecular flexibility index (Phi) is 1.87. The van der Waals surface area contributed by atoms with Gasteiger partial charge in [-0.25, -0.2) is 0 Å². The number of hydrogen-bond acceptors (Lipinski definition) is 2. The summed E-state index contributed by atoms with van der Waals surface area (Å²) in [5.74, 6) is 1.56. The maximum absolute atomic E-state index is 5.59. The molecule has 2 N–H and O–H groups in total. The minimum atomic E-state index is 0.700. The largest absolute Gasteiger partial charge is 0.329 e. The highest BCUT2D eigenvalue weighted by molar-refractivity contribution is 5.24. The smallest absolute Gasteiger partial charge is 0.0658 e. The Morgan fingerprint density at radius 1 is 1.29 bits per heavy atom. The number of nitrogens with two attached hydrogens (primary N) is 1. The first kappa shape index (κ1) is 8.48. The molecule has 2 aliphatic carbocycles. The SMILES string of the molecule is NCCn1nc(C2CC2)cc1C1CC1. The van der Waals surface area contributed by atoms with Crippen molar-refractivity contribution in [3.63, 3.8) is 0 Å². The summed E-state index contributed by atoms with van der Waals surface area (Å²) in [6.07, 6.45) is 5.37. The van der Waals surface area contributed by atoms with Crippen molar-refractivity contribution in [1.29, 1.82) is 0 Å². The first-order valence-electron chi connectivity index (χ1n) is 5.66. The Balaban J connectivity index is 1.89. The van der Waals surface area contributed by atoms with Crippen molar-refractivity contribution in [2.45, 2.75) is 44.1 Å². The zero-order valence-corrected chi connectivity index (χ0v) is 8.45. The quantitative estimate of drug-likeness (QED) is 0.785. The average molecular weight is 191 g/mol. The molecule has 3 rings (SSSR count). The maximum atomic E-state index is 5.59. The van der Waals surface area contributed by atoms with Gasteiger partial charge in [-0.05, 0) is 31.7 Å². The lowest BCUT2D eigenvalue weighted by atomic mass is 10.2. The van der Waals surface area contributed by atoms with Gasteiger partial charge in [-0.15, -0.1) is 0 Å². The van der Waals surface area contributed by atoms with Crippen LogP contribution in [0.1, 0.15) is 48.9 Å². The van der Waals surface area contributed by atoms with Crippen molar-refractivity contribution < 1.29 is 0 Å². The highest BCUT2D eigenvalue weighted by Gasteiger charge is 2.32. The minimum Gasteiger partial charge on any atom is -0.329 e. The Labute approximate surface area is 84.3 Å². The molecule has 0 saturated heterocycles. The van der Waals surface area contributed by atoms with E-state index in [1.807, 2.05) is 0 Å². The molecule has 0 unspecified atom stereocenters. The molecule has 2 aliphatic rings. The molecule has 0 amide bonds. The van der Waals surface area contributed by atoms with Crippen LogP contribution in [-0.2, 0) is 6.54 Å². The van der Waals surface area contributed by atoms with Gasteiger partial charge < -0.3 is 5.73 Å². The summed E-state index contributed by atoms with van der Waals surface area (Å²) < 4.78 is 2.14. The second-order valence-electron chi connectivity index (χ2n) is 4.55. The van der Waals surface area contributed by atoms with E-state index in [0.29, 0.717) is 6.54 Å². The molecule has 0 aromatic carbocycles. The van der Waals surface area contributed by atoms with Crippen molar-refractivity contribution >= 4 is 0 Å². The van der Waals surface area contributed by atoms with Gasteiger partial charge in [-0.2, -0.15) is 5.10 Å². The van der Waals surface area contributed by atoms with Crippen molar-refractivity contribution in [2.75, 3.05) is 6.54 Å². The van der Waals surface area contributed by atoms with Crippen molar-refractivity contribution in [2.24, 2.45) is 5.73 Å². The third-order valence-electron chi connectivity index (χ3n) is 3.16. The van der Waals surface area contributed by atoms with Crippen LogP contribution in [0.3, 0.4) is 0 Å². The number of hydrogen-bond donors (Lipinski definition) is 1. The summed E-state index contributed by atoms with van der Waals surface area (Å²) in [6.45, 7) is 1.59. The summed E-state index contributed by atoms with van der Waals surface area (Å²) in [4.78, 5) is 0. The normalized spacial score (nSPS) is 21.5. The number of aromatic nitrogens is 2. The van der Waals surface area contributed by atoms with Crippen molar-refractivity contribution in [1.82, 2.24) is 9.78 Å². The van der Waals surface area contributed by atoms with Gasteiger partial charge in [0.15, 0.2) is 0 Å². The van der Waals surface area contributed by atoms with E-state index >= 15 is 0 Å². The van der Waals surface area contributed by atoms with E-state index in [-0.39, 0.29) is 0 Å². The van der Waals surface area contributed by atoms with Crippen molar-refractivity contribution in [3.05, 3.63) is 17.5 Å². The summed E-state index contributed by atoms with van der Waals surface area (Å²) in [5, 5.41) is 4.66. The molecule has 0 atom stereocenters. The van der Waals surface area contributed by atoms with Gasteiger partial charge in [0.1, 0.15) is 0 Å². The van der Waals surface area contributed by atoms with E-state index in [1.165, 1.54) is 37.1 Å². The zero-order chi connectivity index (χ0) is 9.54. The Hall–Kier alpha value is -0.830. The second kappa shape index (κ2) is 3.09. The Morgan fingerprint density at radius 3 is 2.57 bits per heavy atom. The molecule has 0 aliphatic heterocycles. The van der Waals surface area contributed by atoms with Gasteiger partial charge in [0, 0.05) is 24.1 Å². The molecular formula is C11H17N3. The Bertz CT molecular complexity index is 334. The second-order valence-corrected chi connectivity index (χ2v) is 4.55. The monoisotopic (exact) mass is 191 g/mol. The predicted molar refractivity (Wildman–Crippen MR) is 55.2 cm³/mol. The highest BCUT2D eigenvalue weighted by Crippen LogP contribution is 2.44. The van der Waals surface area contributed by atoms with Crippen LogP contribution in [0.5, 0.6) is 0 Å². The van der Waals surface area contributed by atoms with Crippen LogP contribution in [0.2, 0.25) is 0 Å². The van der Waals surface area contributed by atoms with Crippen LogP contribution in [0, 0.1) is 0 Å². The van der Waals surface area contributed by atoms with Crippen molar-refractivity contribution in [3.8, 4) is 0 Å². The fraction of sp³-hybridized carbons (Fsp3) is 0.727. The molecular weight excluding hydrogens is 174 g/mol. The zero-order valence-electron chi connectivity index (χ0n) is 8.45. The highest BCUT2D eigenvalue weighted by atomic mass is 15.3. The molecule has 14 heavy (non-hydrogen) atoms.